The molecule has 7 nitrogen and oxygen atoms in total. The zero-order valence-corrected chi connectivity index (χ0v) is 21.8. The van der Waals surface area contributed by atoms with Gasteiger partial charge < -0.3 is 19.8 Å². The van der Waals surface area contributed by atoms with Gasteiger partial charge in [-0.15, -0.1) is 0 Å². The van der Waals surface area contributed by atoms with Crippen molar-refractivity contribution in [3.8, 4) is 0 Å². The maximum Gasteiger partial charge on any atom is 1.00 e. The van der Waals surface area contributed by atoms with Gasteiger partial charge in [0.2, 0.25) is 0 Å². The molecule has 0 heterocycles. The predicted octanol–water partition coefficient (Wildman–Crippen LogP) is -6.00. The zero-order valence-electron chi connectivity index (χ0n) is 17.0. The fourth-order valence-corrected chi connectivity index (χ4v) is 4.50. The van der Waals surface area contributed by atoms with Gasteiger partial charge in [0, 0.05) is 11.4 Å². The van der Waals surface area contributed by atoms with E-state index in [1.807, 2.05) is 0 Å². The minimum absolute atomic E-state index is 0. The number of hydrogen-bond donors (Lipinski definition) is 1. The molecule has 0 radical (unpaired) electrons. The second kappa shape index (κ2) is 13.0. The van der Waals surface area contributed by atoms with E-state index in [1.165, 1.54) is 0 Å². The first-order valence-electron chi connectivity index (χ1n) is 8.63. The quantitative estimate of drug-likeness (QED) is 0.281. The second-order valence-electron chi connectivity index (χ2n) is 6.63. The Morgan fingerprint density at radius 3 is 1.47 bits per heavy atom. The minimum Gasteiger partial charge on any atom is -0.549 e. The molecular formula is C20H20Na2O7S. The van der Waals surface area contributed by atoms with Gasteiger partial charge in [-0.25, -0.2) is 0 Å². The number of carboxylic acids is 2. The van der Waals surface area contributed by atoms with Gasteiger partial charge >= 0.3 is 59.1 Å². The number of aryl methyl sites for hydroxylation is 2. The van der Waals surface area contributed by atoms with E-state index in [0.29, 0.717) is 11.1 Å². The summed E-state index contributed by atoms with van der Waals surface area (Å²) in [6.45, 7) is 0. The normalized spacial score (nSPS) is 12.2. The molecule has 0 bridgehead atoms. The Morgan fingerprint density at radius 2 is 1.20 bits per heavy atom. The molecular weight excluding hydrogens is 430 g/mol. The van der Waals surface area contributed by atoms with Gasteiger partial charge in [0.15, 0.2) is 0 Å². The van der Waals surface area contributed by atoms with Crippen molar-refractivity contribution in [2.24, 2.45) is 5.41 Å². The van der Waals surface area contributed by atoms with E-state index < -0.39 is 32.7 Å². The molecule has 0 aliphatic heterocycles. The van der Waals surface area contributed by atoms with Crippen LogP contribution in [0.25, 0.3) is 0 Å². The summed E-state index contributed by atoms with van der Waals surface area (Å²) in [6, 6.07) is 17.2. The van der Waals surface area contributed by atoms with E-state index in [1.54, 1.807) is 60.7 Å². The maximum absolute atomic E-state index is 12.1. The molecule has 150 valence electrons. The molecule has 1 atom stereocenters. The Labute approximate surface area is 220 Å². The van der Waals surface area contributed by atoms with Crippen molar-refractivity contribution in [3.63, 3.8) is 0 Å². The van der Waals surface area contributed by atoms with Crippen LogP contribution in [0.4, 0.5) is 0 Å². The van der Waals surface area contributed by atoms with Gasteiger partial charge in [-0.2, -0.15) is 8.42 Å². The molecule has 0 amide bonds. The third-order valence-corrected chi connectivity index (χ3v) is 6.06. The van der Waals surface area contributed by atoms with Crippen molar-refractivity contribution in [2.45, 2.75) is 30.9 Å². The standard InChI is InChI=1S/C20H22O7S.2Na/c21-18(22)17(28(25,26)27)20(19(23)24,13-11-15-7-3-1-4-8-15)14-12-16-9-5-2-6-10-16;;/h1-10,17H,11-14H2,(H,21,22)(H,23,24)(H,25,26,27);;/q;2*+1/p-2. The molecule has 0 saturated heterocycles. The molecule has 0 aliphatic rings. The van der Waals surface area contributed by atoms with Gasteiger partial charge in [0.25, 0.3) is 10.1 Å². The van der Waals surface area contributed by atoms with Crippen LogP contribution in [0.15, 0.2) is 60.7 Å². The summed E-state index contributed by atoms with van der Waals surface area (Å²) in [4.78, 5) is 23.7. The van der Waals surface area contributed by atoms with E-state index in [-0.39, 0.29) is 84.8 Å². The van der Waals surface area contributed by atoms with E-state index in [4.69, 9.17) is 0 Å². The number of carbonyl (C=O) groups is 2. The van der Waals surface area contributed by atoms with Crippen LogP contribution in [0.1, 0.15) is 24.0 Å². The van der Waals surface area contributed by atoms with Crippen molar-refractivity contribution < 1.29 is 91.9 Å². The van der Waals surface area contributed by atoms with Crippen molar-refractivity contribution >= 4 is 22.1 Å². The molecule has 0 aliphatic carbocycles. The zero-order chi connectivity index (χ0) is 20.8. The molecule has 0 spiro atoms. The van der Waals surface area contributed by atoms with Crippen LogP contribution in [-0.2, 0) is 32.5 Å². The summed E-state index contributed by atoms with van der Waals surface area (Å²) in [5, 5.41) is 21.0. The molecule has 10 heteroatoms. The second-order valence-corrected chi connectivity index (χ2v) is 8.13. The van der Waals surface area contributed by atoms with Crippen LogP contribution in [-0.4, -0.2) is 30.2 Å². The maximum atomic E-state index is 12.1. The monoisotopic (exact) mass is 450 g/mol. The Kier molecular flexibility index (Phi) is 12.7. The van der Waals surface area contributed by atoms with Gasteiger partial charge in [0.1, 0.15) is 5.25 Å². The van der Waals surface area contributed by atoms with Crippen molar-refractivity contribution in [1.82, 2.24) is 0 Å². The van der Waals surface area contributed by atoms with Crippen molar-refractivity contribution in [1.29, 1.82) is 0 Å². The Hall–Kier alpha value is -0.710. The Morgan fingerprint density at radius 1 is 0.833 bits per heavy atom. The van der Waals surface area contributed by atoms with Crippen LogP contribution in [0, 0.1) is 5.41 Å². The van der Waals surface area contributed by atoms with Crippen molar-refractivity contribution in [2.75, 3.05) is 0 Å². The molecule has 1 unspecified atom stereocenters. The number of rotatable bonds is 10. The largest absolute Gasteiger partial charge is 1.00 e. The van der Waals surface area contributed by atoms with Crippen molar-refractivity contribution in [3.05, 3.63) is 71.8 Å². The first-order valence-corrected chi connectivity index (χ1v) is 10.1. The van der Waals surface area contributed by atoms with Gasteiger partial charge in [-0.1, -0.05) is 60.7 Å². The summed E-state index contributed by atoms with van der Waals surface area (Å²) in [6.07, 6.45) is -0.541. The summed E-state index contributed by atoms with van der Waals surface area (Å²) in [5.41, 5.74) is -0.974. The van der Waals surface area contributed by atoms with Crippen LogP contribution in [0.5, 0.6) is 0 Å². The molecule has 30 heavy (non-hydrogen) atoms. The number of hydrogen-bond acceptors (Lipinski definition) is 6. The molecule has 1 N–H and O–H groups in total. The van der Waals surface area contributed by atoms with E-state index in [2.05, 4.69) is 0 Å². The van der Waals surface area contributed by atoms with E-state index >= 15 is 0 Å². The van der Waals surface area contributed by atoms with E-state index in [9.17, 15) is 32.8 Å². The van der Waals surface area contributed by atoms with Crippen LogP contribution >= 0.6 is 0 Å². The molecule has 0 fully saturated rings. The molecule has 2 aromatic rings. The number of benzene rings is 2. The summed E-state index contributed by atoms with van der Waals surface area (Å²) >= 11 is 0. The molecule has 2 aromatic carbocycles. The van der Waals surface area contributed by atoms with Crippen LogP contribution < -0.4 is 69.3 Å². The molecule has 0 aromatic heterocycles. The average molecular weight is 450 g/mol. The molecule has 0 saturated carbocycles. The van der Waals surface area contributed by atoms with Crippen LogP contribution in [0.2, 0.25) is 0 Å². The first kappa shape index (κ1) is 29.3. The van der Waals surface area contributed by atoms with E-state index in [0.717, 1.165) is 0 Å². The Balaban J connectivity index is 0.00000420. The fourth-order valence-electron chi connectivity index (χ4n) is 3.35. The SMILES string of the molecule is O=C([O-])C(C(CCc1ccccc1)(CCc1ccccc1)C(=O)[O-])S(=O)(=O)O.[Na+].[Na+]. The summed E-state index contributed by atoms with van der Waals surface area (Å²) in [7, 11) is -5.26. The Bertz CT molecular complexity index is 875. The van der Waals surface area contributed by atoms with Gasteiger partial charge in [-0.05, 0) is 36.8 Å². The third-order valence-electron chi connectivity index (χ3n) is 4.83. The topological polar surface area (TPSA) is 135 Å². The first-order chi connectivity index (χ1) is 13.2. The minimum atomic E-state index is -5.26. The molecule has 2 rings (SSSR count). The summed E-state index contributed by atoms with van der Waals surface area (Å²) < 4.78 is 33.1. The third kappa shape index (κ3) is 7.76. The van der Waals surface area contributed by atoms with Crippen LogP contribution in [0.3, 0.4) is 0 Å². The summed E-state index contributed by atoms with van der Waals surface area (Å²) in [5.74, 6) is -4.03. The predicted molar refractivity (Wildman–Crippen MR) is 97.3 cm³/mol. The fraction of sp³-hybridized carbons (Fsp3) is 0.300. The average Bonchev–Trinajstić information content (AvgIpc) is 2.64. The van der Waals surface area contributed by atoms with Gasteiger partial charge in [-0.3, -0.25) is 4.55 Å². The smallest absolute Gasteiger partial charge is 0.549 e. The number of carboxylic acid groups (broad SMARTS) is 2. The van der Waals surface area contributed by atoms with Gasteiger partial charge in [0.05, 0.1) is 5.97 Å². The number of aliphatic carboxylic acids is 2. The number of carbonyl (C=O) groups excluding carboxylic acids is 2.